The number of amides is 1. The Labute approximate surface area is 100 Å². The fourth-order valence-corrected chi connectivity index (χ4v) is 2.08. The summed E-state index contributed by atoms with van der Waals surface area (Å²) >= 11 is 0. The van der Waals surface area contributed by atoms with E-state index >= 15 is 0 Å². The highest BCUT2D eigenvalue weighted by atomic mass is 16.2. The van der Waals surface area contributed by atoms with Crippen molar-refractivity contribution in [3.8, 4) is 0 Å². The molecular formula is C14H27NO. The van der Waals surface area contributed by atoms with Gasteiger partial charge in [0.2, 0.25) is 5.91 Å². The van der Waals surface area contributed by atoms with E-state index in [9.17, 15) is 4.79 Å². The van der Waals surface area contributed by atoms with Crippen LogP contribution in [0.4, 0.5) is 0 Å². The van der Waals surface area contributed by atoms with E-state index in [1.807, 2.05) is 0 Å². The summed E-state index contributed by atoms with van der Waals surface area (Å²) < 4.78 is 0. The standard InChI is InChI=1S/C14H27NO/c1-7-13(6,12(3,4)5)15-11(16)14(8-2)9-10-14/h7-10H2,1-6H3,(H,15,16). The minimum absolute atomic E-state index is 0.0261. The highest BCUT2D eigenvalue weighted by Gasteiger charge is 2.50. The van der Waals surface area contributed by atoms with Gasteiger partial charge in [-0.1, -0.05) is 34.6 Å². The van der Waals surface area contributed by atoms with Crippen molar-refractivity contribution in [1.29, 1.82) is 0 Å². The molecular weight excluding hydrogens is 198 g/mol. The van der Waals surface area contributed by atoms with Crippen molar-refractivity contribution >= 4 is 5.91 Å². The molecule has 1 unspecified atom stereocenters. The van der Waals surface area contributed by atoms with Crippen LogP contribution in [0.3, 0.4) is 0 Å². The number of carbonyl (C=O) groups is 1. The van der Waals surface area contributed by atoms with E-state index in [1.165, 1.54) is 0 Å². The van der Waals surface area contributed by atoms with Crippen molar-refractivity contribution in [3.05, 3.63) is 0 Å². The van der Waals surface area contributed by atoms with Gasteiger partial charge in [0.05, 0.1) is 0 Å². The Bertz CT molecular complexity index is 273. The first-order valence-corrected chi connectivity index (χ1v) is 6.53. The number of nitrogens with one attached hydrogen (secondary N) is 1. The monoisotopic (exact) mass is 225 g/mol. The molecule has 1 amide bonds. The number of rotatable bonds is 4. The van der Waals surface area contributed by atoms with Crippen LogP contribution >= 0.6 is 0 Å². The molecule has 16 heavy (non-hydrogen) atoms. The first-order chi connectivity index (χ1) is 7.21. The third kappa shape index (κ3) is 2.26. The molecule has 0 aromatic heterocycles. The van der Waals surface area contributed by atoms with Crippen LogP contribution in [0.2, 0.25) is 0 Å². The molecule has 0 aliphatic heterocycles. The summed E-state index contributed by atoms with van der Waals surface area (Å²) in [7, 11) is 0. The van der Waals surface area contributed by atoms with Gasteiger partial charge in [0.25, 0.3) is 0 Å². The Morgan fingerprint density at radius 3 is 1.94 bits per heavy atom. The van der Waals surface area contributed by atoms with E-state index in [0.717, 1.165) is 25.7 Å². The van der Waals surface area contributed by atoms with E-state index < -0.39 is 0 Å². The summed E-state index contributed by atoms with van der Waals surface area (Å²) in [5.74, 6) is 0.272. The maximum absolute atomic E-state index is 12.3. The molecule has 1 N–H and O–H groups in total. The lowest BCUT2D eigenvalue weighted by Gasteiger charge is -2.43. The van der Waals surface area contributed by atoms with Gasteiger partial charge in [-0.25, -0.2) is 0 Å². The van der Waals surface area contributed by atoms with Crippen LogP contribution in [0, 0.1) is 10.8 Å². The Hall–Kier alpha value is -0.530. The van der Waals surface area contributed by atoms with Crippen LogP contribution in [0.25, 0.3) is 0 Å². The molecule has 0 heterocycles. The minimum atomic E-state index is -0.102. The van der Waals surface area contributed by atoms with Crippen LogP contribution in [0.15, 0.2) is 0 Å². The first-order valence-electron chi connectivity index (χ1n) is 6.53. The van der Waals surface area contributed by atoms with Crippen molar-refractivity contribution in [3.63, 3.8) is 0 Å². The van der Waals surface area contributed by atoms with Gasteiger partial charge in [-0.05, 0) is 38.0 Å². The van der Waals surface area contributed by atoms with Gasteiger partial charge in [0.1, 0.15) is 0 Å². The number of carbonyl (C=O) groups excluding carboxylic acids is 1. The van der Waals surface area contributed by atoms with Gasteiger partial charge in [-0.3, -0.25) is 4.79 Å². The topological polar surface area (TPSA) is 29.1 Å². The lowest BCUT2D eigenvalue weighted by atomic mass is 9.73. The van der Waals surface area contributed by atoms with Crippen LogP contribution in [0.5, 0.6) is 0 Å². The summed E-state index contributed by atoms with van der Waals surface area (Å²) in [5, 5.41) is 3.30. The maximum Gasteiger partial charge on any atom is 0.226 e. The number of hydrogen-bond donors (Lipinski definition) is 1. The summed E-state index contributed by atoms with van der Waals surface area (Å²) in [5.41, 5.74) is -0.0300. The fourth-order valence-electron chi connectivity index (χ4n) is 2.08. The minimum Gasteiger partial charge on any atom is -0.350 e. The zero-order chi connectivity index (χ0) is 12.6. The second-order valence-electron chi connectivity index (χ2n) is 6.52. The van der Waals surface area contributed by atoms with E-state index in [4.69, 9.17) is 0 Å². The molecule has 1 saturated carbocycles. The third-order valence-corrected chi connectivity index (χ3v) is 4.76. The second kappa shape index (κ2) is 4.05. The molecule has 0 radical (unpaired) electrons. The molecule has 1 rings (SSSR count). The average Bonchev–Trinajstić information content (AvgIpc) is 2.96. The predicted molar refractivity (Wildman–Crippen MR) is 68.3 cm³/mol. The molecule has 0 aromatic carbocycles. The van der Waals surface area contributed by atoms with Crippen LogP contribution in [0.1, 0.15) is 67.2 Å². The lowest BCUT2D eigenvalue weighted by molar-refractivity contribution is -0.129. The normalized spacial score (nSPS) is 22.4. The Balaban J connectivity index is 2.75. The molecule has 0 bridgehead atoms. The van der Waals surface area contributed by atoms with Gasteiger partial charge in [0.15, 0.2) is 0 Å². The SMILES string of the molecule is CCC1(C(=O)NC(C)(CC)C(C)(C)C)CC1. The fraction of sp³-hybridized carbons (Fsp3) is 0.929. The molecule has 1 aliphatic carbocycles. The molecule has 1 atom stereocenters. The second-order valence-corrected chi connectivity index (χ2v) is 6.52. The largest absolute Gasteiger partial charge is 0.350 e. The molecule has 1 aliphatic rings. The Kier molecular flexibility index (Phi) is 3.42. The van der Waals surface area contributed by atoms with Crippen LogP contribution in [-0.4, -0.2) is 11.4 Å². The summed E-state index contributed by atoms with van der Waals surface area (Å²) in [4.78, 5) is 12.3. The first kappa shape index (κ1) is 13.5. The molecule has 1 fully saturated rings. The van der Waals surface area contributed by atoms with Crippen molar-refractivity contribution < 1.29 is 4.79 Å². The summed E-state index contributed by atoms with van der Waals surface area (Å²) in [6.07, 6.45) is 4.09. The molecule has 2 nitrogen and oxygen atoms in total. The molecule has 0 spiro atoms. The van der Waals surface area contributed by atoms with Gasteiger partial charge < -0.3 is 5.32 Å². The third-order valence-electron chi connectivity index (χ3n) is 4.76. The van der Waals surface area contributed by atoms with E-state index in [1.54, 1.807) is 0 Å². The van der Waals surface area contributed by atoms with E-state index in [2.05, 4.69) is 46.9 Å². The zero-order valence-electron chi connectivity index (χ0n) is 11.7. The van der Waals surface area contributed by atoms with Crippen molar-refractivity contribution in [2.24, 2.45) is 10.8 Å². The molecule has 94 valence electrons. The summed E-state index contributed by atoms with van der Waals surface area (Å²) in [6, 6.07) is 0. The highest BCUT2D eigenvalue weighted by Crippen LogP contribution is 2.49. The van der Waals surface area contributed by atoms with Crippen molar-refractivity contribution in [2.45, 2.75) is 72.8 Å². The van der Waals surface area contributed by atoms with Gasteiger partial charge in [-0.2, -0.15) is 0 Å². The predicted octanol–water partition coefficient (Wildman–Crippen LogP) is 3.51. The molecule has 2 heteroatoms. The van der Waals surface area contributed by atoms with Gasteiger partial charge in [-0.15, -0.1) is 0 Å². The Morgan fingerprint density at radius 1 is 1.19 bits per heavy atom. The van der Waals surface area contributed by atoms with Gasteiger partial charge >= 0.3 is 0 Å². The van der Waals surface area contributed by atoms with Crippen molar-refractivity contribution in [2.75, 3.05) is 0 Å². The van der Waals surface area contributed by atoms with E-state index in [0.29, 0.717) is 0 Å². The van der Waals surface area contributed by atoms with E-state index in [-0.39, 0.29) is 22.3 Å². The van der Waals surface area contributed by atoms with Crippen LogP contribution < -0.4 is 5.32 Å². The summed E-state index contributed by atoms with van der Waals surface area (Å²) in [6.45, 7) is 13.0. The molecule has 0 saturated heterocycles. The number of hydrogen-bond acceptors (Lipinski definition) is 1. The smallest absolute Gasteiger partial charge is 0.226 e. The zero-order valence-corrected chi connectivity index (χ0v) is 11.7. The maximum atomic E-state index is 12.3. The lowest BCUT2D eigenvalue weighted by Crippen LogP contribution is -2.56. The highest BCUT2D eigenvalue weighted by molar-refractivity contribution is 5.85. The van der Waals surface area contributed by atoms with Crippen LogP contribution in [-0.2, 0) is 4.79 Å². The quantitative estimate of drug-likeness (QED) is 0.779. The van der Waals surface area contributed by atoms with Crippen molar-refractivity contribution in [1.82, 2.24) is 5.32 Å². The van der Waals surface area contributed by atoms with Gasteiger partial charge in [0, 0.05) is 11.0 Å². The average molecular weight is 225 g/mol. The Morgan fingerprint density at radius 2 is 1.69 bits per heavy atom. The molecule has 0 aromatic rings.